The highest BCUT2D eigenvalue weighted by atomic mass is 15.3. The van der Waals surface area contributed by atoms with Crippen LogP contribution < -0.4 is 5.43 Å². The topological polar surface area (TPSA) is 24.4 Å². The normalized spacial score (nSPS) is 15.9. The van der Waals surface area contributed by atoms with Gasteiger partial charge < -0.3 is 0 Å². The van der Waals surface area contributed by atoms with Gasteiger partial charge in [-0.05, 0) is 22.3 Å². The molecular weight excluding hydrogens is 268 g/mol. The summed E-state index contributed by atoms with van der Waals surface area (Å²) < 4.78 is 0. The van der Waals surface area contributed by atoms with Gasteiger partial charge in [0.05, 0.1) is 12.3 Å². The van der Waals surface area contributed by atoms with E-state index in [-0.39, 0.29) is 6.04 Å². The van der Waals surface area contributed by atoms with Crippen molar-refractivity contribution in [3.05, 3.63) is 95.6 Å². The van der Waals surface area contributed by atoms with Crippen molar-refractivity contribution in [2.24, 2.45) is 5.10 Å². The van der Waals surface area contributed by atoms with Crippen molar-refractivity contribution < 1.29 is 0 Å². The van der Waals surface area contributed by atoms with Crippen molar-refractivity contribution in [3.8, 4) is 11.1 Å². The second kappa shape index (κ2) is 5.49. The van der Waals surface area contributed by atoms with Gasteiger partial charge in [-0.2, -0.15) is 5.10 Å². The van der Waals surface area contributed by atoms with Gasteiger partial charge in [0.25, 0.3) is 0 Å². The Morgan fingerprint density at radius 1 is 0.682 bits per heavy atom. The van der Waals surface area contributed by atoms with Gasteiger partial charge in [0, 0.05) is 5.56 Å². The lowest BCUT2D eigenvalue weighted by Gasteiger charge is -2.23. The Balaban J connectivity index is 1.69. The van der Waals surface area contributed by atoms with Crippen molar-refractivity contribution in [2.75, 3.05) is 0 Å². The molecule has 0 fully saturated rings. The first-order chi connectivity index (χ1) is 10.9. The molecule has 22 heavy (non-hydrogen) atoms. The molecule has 1 N–H and O–H groups in total. The molecule has 0 aliphatic carbocycles. The number of hydrogen-bond acceptors (Lipinski definition) is 2. The Kier molecular flexibility index (Phi) is 3.20. The second-order valence-corrected chi connectivity index (χ2v) is 5.44. The Labute approximate surface area is 130 Å². The molecule has 1 unspecified atom stereocenters. The molecule has 106 valence electrons. The van der Waals surface area contributed by atoms with Crippen molar-refractivity contribution in [1.82, 2.24) is 5.43 Å². The highest BCUT2D eigenvalue weighted by Gasteiger charge is 2.18. The van der Waals surface area contributed by atoms with E-state index in [0.29, 0.717) is 0 Å². The fourth-order valence-corrected chi connectivity index (χ4v) is 2.89. The predicted octanol–water partition coefficient (Wildman–Crippen LogP) is 4.38. The van der Waals surface area contributed by atoms with Gasteiger partial charge in [-0.3, -0.25) is 5.43 Å². The number of fused-ring (bicyclic) bond motifs is 1. The molecular formula is C20H16N2. The molecule has 1 atom stereocenters. The summed E-state index contributed by atoms with van der Waals surface area (Å²) in [6, 6.07) is 27.6. The van der Waals surface area contributed by atoms with E-state index in [1.807, 2.05) is 18.3 Å². The van der Waals surface area contributed by atoms with E-state index in [9.17, 15) is 0 Å². The second-order valence-electron chi connectivity index (χ2n) is 5.44. The largest absolute Gasteiger partial charge is 0.298 e. The summed E-state index contributed by atoms with van der Waals surface area (Å²) in [4.78, 5) is 0. The lowest BCUT2D eigenvalue weighted by Crippen LogP contribution is -2.22. The molecule has 1 aliphatic rings. The third-order valence-electron chi connectivity index (χ3n) is 4.07. The van der Waals surface area contributed by atoms with Crippen molar-refractivity contribution in [2.45, 2.75) is 6.04 Å². The predicted molar refractivity (Wildman–Crippen MR) is 90.9 cm³/mol. The minimum absolute atomic E-state index is 0.117. The van der Waals surface area contributed by atoms with Gasteiger partial charge in [-0.15, -0.1) is 0 Å². The fourth-order valence-electron chi connectivity index (χ4n) is 2.89. The molecule has 0 saturated heterocycles. The summed E-state index contributed by atoms with van der Waals surface area (Å²) in [6.07, 6.45) is 1.88. The van der Waals surface area contributed by atoms with Crippen molar-refractivity contribution in [3.63, 3.8) is 0 Å². The van der Waals surface area contributed by atoms with Crippen LogP contribution in [0.4, 0.5) is 0 Å². The van der Waals surface area contributed by atoms with E-state index in [1.54, 1.807) is 0 Å². The minimum Gasteiger partial charge on any atom is -0.298 e. The molecule has 0 radical (unpaired) electrons. The highest BCUT2D eigenvalue weighted by molar-refractivity contribution is 5.83. The standard InChI is InChI=1S/C20H16N2/c1-2-6-15(7-3-1)16-10-12-17(13-11-16)20-19-9-5-4-8-18(19)14-21-22-20/h1-14,20,22H. The van der Waals surface area contributed by atoms with Crippen LogP contribution in [0, 0.1) is 0 Å². The molecule has 1 heterocycles. The molecule has 0 spiro atoms. The molecule has 2 heteroatoms. The average Bonchev–Trinajstić information content (AvgIpc) is 2.62. The summed E-state index contributed by atoms with van der Waals surface area (Å²) in [6.45, 7) is 0. The van der Waals surface area contributed by atoms with Crippen molar-refractivity contribution in [1.29, 1.82) is 0 Å². The van der Waals surface area contributed by atoms with E-state index in [4.69, 9.17) is 0 Å². The summed E-state index contributed by atoms with van der Waals surface area (Å²) in [7, 11) is 0. The van der Waals surface area contributed by atoms with Crippen LogP contribution in [0.3, 0.4) is 0 Å². The Hall–Kier alpha value is -2.87. The first-order valence-electron chi connectivity index (χ1n) is 7.45. The third kappa shape index (κ3) is 2.29. The smallest absolute Gasteiger partial charge is 0.0946 e. The molecule has 0 amide bonds. The average molecular weight is 284 g/mol. The van der Waals surface area contributed by atoms with Crippen LogP contribution in [0.15, 0.2) is 84.0 Å². The molecule has 0 bridgehead atoms. The molecule has 1 aliphatic heterocycles. The Morgan fingerprint density at radius 2 is 1.36 bits per heavy atom. The minimum atomic E-state index is 0.117. The zero-order valence-corrected chi connectivity index (χ0v) is 12.1. The van der Waals surface area contributed by atoms with Crippen molar-refractivity contribution >= 4 is 6.21 Å². The summed E-state index contributed by atoms with van der Waals surface area (Å²) >= 11 is 0. The Morgan fingerprint density at radius 3 is 2.18 bits per heavy atom. The summed E-state index contributed by atoms with van der Waals surface area (Å²) in [5.41, 5.74) is 9.37. The summed E-state index contributed by atoms with van der Waals surface area (Å²) in [5, 5.41) is 4.28. The maximum Gasteiger partial charge on any atom is 0.0946 e. The first-order valence-corrected chi connectivity index (χ1v) is 7.45. The number of nitrogens with zero attached hydrogens (tertiary/aromatic N) is 1. The van der Waals surface area contributed by atoms with E-state index in [0.717, 1.165) is 0 Å². The Bertz CT molecular complexity index is 805. The number of hydrazone groups is 1. The lowest BCUT2D eigenvalue weighted by atomic mass is 9.93. The van der Waals surface area contributed by atoms with E-state index in [2.05, 4.69) is 77.3 Å². The van der Waals surface area contributed by atoms with Crippen LogP contribution in [0.25, 0.3) is 11.1 Å². The van der Waals surface area contributed by atoms with Crippen LogP contribution >= 0.6 is 0 Å². The monoisotopic (exact) mass is 284 g/mol. The summed E-state index contributed by atoms with van der Waals surface area (Å²) in [5.74, 6) is 0. The molecule has 3 aromatic carbocycles. The van der Waals surface area contributed by atoms with Gasteiger partial charge in [0.1, 0.15) is 0 Å². The van der Waals surface area contributed by atoms with Crippen LogP contribution in [-0.2, 0) is 0 Å². The zero-order valence-electron chi connectivity index (χ0n) is 12.1. The zero-order chi connectivity index (χ0) is 14.8. The number of hydrogen-bond donors (Lipinski definition) is 1. The van der Waals surface area contributed by atoms with E-state index < -0.39 is 0 Å². The highest BCUT2D eigenvalue weighted by Crippen LogP contribution is 2.28. The van der Waals surface area contributed by atoms with Gasteiger partial charge in [0.2, 0.25) is 0 Å². The quantitative estimate of drug-likeness (QED) is 0.742. The van der Waals surface area contributed by atoms with E-state index in [1.165, 1.54) is 27.8 Å². The maximum absolute atomic E-state index is 4.28. The fraction of sp³-hybridized carbons (Fsp3) is 0.0500. The first kappa shape index (κ1) is 12.8. The number of benzene rings is 3. The molecule has 3 aromatic rings. The van der Waals surface area contributed by atoms with Gasteiger partial charge in [-0.1, -0.05) is 78.9 Å². The van der Waals surface area contributed by atoms with Crippen LogP contribution in [-0.4, -0.2) is 6.21 Å². The number of nitrogens with one attached hydrogen (secondary N) is 1. The molecule has 0 aromatic heterocycles. The van der Waals surface area contributed by atoms with Gasteiger partial charge in [-0.25, -0.2) is 0 Å². The lowest BCUT2D eigenvalue weighted by molar-refractivity contribution is 0.632. The van der Waals surface area contributed by atoms with Crippen LogP contribution in [0.1, 0.15) is 22.7 Å². The molecule has 2 nitrogen and oxygen atoms in total. The molecule has 0 saturated carbocycles. The van der Waals surface area contributed by atoms with Crippen LogP contribution in [0.2, 0.25) is 0 Å². The van der Waals surface area contributed by atoms with Gasteiger partial charge >= 0.3 is 0 Å². The maximum atomic E-state index is 4.28. The van der Waals surface area contributed by atoms with Crippen LogP contribution in [0.5, 0.6) is 0 Å². The van der Waals surface area contributed by atoms with Gasteiger partial charge in [0.15, 0.2) is 0 Å². The van der Waals surface area contributed by atoms with E-state index >= 15 is 0 Å². The SMILES string of the molecule is C1=NNC(c2ccc(-c3ccccc3)cc2)c2ccccc21. The molecule has 4 rings (SSSR count). The number of rotatable bonds is 2. The third-order valence-corrected chi connectivity index (χ3v) is 4.07.